The van der Waals surface area contributed by atoms with Crippen LogP contribution in [0, 0.1) is 17.8 Å². The molecule has 1 aliphatic rings. The topological polar surface area (TPSA) is 12.0 Å². The van der Waals surface area contributed by atoms with E-state index in [0.29, 0.717) is 0 Å². The van der Waals surface area contributed by atoms with E-state index in [9.17, 15) is 0 Å². The Labute approximate surface area is 106 Å². The zero-order valence-corrected chi connectivity index (χ0v) is 12.3. The van der Waals surface area contributed by atoms with Gasteiger partial charge in [-0.1, -0.05) is 13.8 Å². The molecule has 0 spiro atoms. The van der Waals surface area contributed by atoms with Gasteiger partial charge in [-0.2, -0.15) is 11.8 Å². The molecule has 1 N–H and O–H groups in total. The molecule has 1 saturated carbocycles. The minimum atomic E-state index is 0.789. The van der Waals surface area contributed by atoms with Gasteiger partial charge >= 0.3 is 0 Å². The molecule has 16 heavy (non-hydrogen) atoms. The average molecular weight is 243 g/mol. The molecule has 0 aromatic heterocycles. The molecule has 0 aliphatic heterocycles. The zero-order valence-electron chi connectivity index (χ0n) is 11.5. The summed E-state index contributed by atoms with van der Waals surface area (Å²) in [5.74, 6) is 4.11. The number of hydrogen-bond acceptors (Lipinski definition) is 2. The highest BCUT2D eigenvalue weighted by Gasteiger charge is 2.30. The number of thioether (sulfide) groups is 1. The van der Waals surface area contributed by atoms with E-state index in [-0.39, 0.29) is 0 Å². The lowest BCUT2D eigenvalue weighted by atomic mass is 9.72. The van der Waals surface area contributed by atoms with Gasteiger partial charge in [0, 0.05) is 6.04 Å². The minimum absolute atomic E-state index is 0.789. The molecule has 0 amide bonds. The summed E-state index contributed by atoms with van der Waals surface area (Å²) in [5, 5.41) is 3.53. The van der Waals surface area contributed by atoms with E-state index >= 15 is 0 Å². The Balaban J connectivity index is 2.40. The van der Waals surface area contributed by atoms with Crippen LogP contribution >= 0.6 is 11.8 Å². The van der Waals surface area contributed by atoms with Crippen LogP contribution in [0.25, 0.3) is 0 Å². The van der Waals surface area contributed by atoms with Crippen molar-refractivity contribution in [2.75, 3.05) is 19.1 Å². The van der Waals surface area contributed by atoms with Gasteiger partial charge in [-0.3, -0.25) is 0 Å². The fraction of sp³-hybridized carbons (Fsp3) is 1.00. The molecule has 0 radical (unpaired) electrons. The number of hydrogen-bond donors (Lipinski definition) is 1. The molecular weight excluding hydrogens is 214 g/mol. The summed E-state index contributed by atoms with van der Waals surface area (Å²) >= 11 is 1.99. The van der Waals surface area contributed by atoms with Crippen molar-refractivity contribution in [2.24, 2.45) is 17.8 Å². The zero-order chi connectivity index (χ0) is 12.0. The Bertz CT molecular complexity index is 182. The molecule has 0 aromatic carbocycles. The lowest BCUT2D eigenvalue weighted by molar-refractivity contribution is 0.165. The van der Waals surface area contributed by atoms with Crippen LogP contribution in [-0.2, 0) is 0 Å². The van der Waals surface area contributed by atoms with Crippen LogP contribution in [0.1, 0.15) is 46.0 Å². The van der Waals surface area contributed by atoms with E-state index in [4.69, 9.17) is 0 Å². The molecule has 1 nitrogen and oxygen atoms in total. The van der Waals surface area contributed by atoms with E-state index in [2.05, 4.69) is 32.5 Å². The highest BCUT2D eigenvalue weighted by molar-refractivity contribution is 7.98. The van der Waals surface area contributed by atoms with Gasteiger partial charge in [-0.15, -0.1) is 0 Å². The summed E-state index contributed by atoms with van der Waals surface area (Å²) in [6.07, 6.45) is 9.32. The molecule has 0 heterocycles. The number of nitrogens with one attached hydrogen (secondary N) is 1. The predicted octanol–water partition coefficient (Wildman–Crippen LogP) is 3.79. The smallest absolute Gasteiger partial charge is 0.00925 e. The Morgan fingerprint density at radius 1 is 1.31 bits per heavy atom. The van der Waals surface area contributed by atoms with Crippen LogP contribution in [0.4, 0.5) is 0 Å². The van der Waals surface area contributed by atoms with Crippen LogP contribution in [-0.4, -0.2) is 25.1 Å². The van der Waals surface area contributed by atoms with Gasteiger partial charge in [-0.05, 0) is 68.9 Å². The van der Waals surface area contributed by atoms with E-state index in [1.807, 2.05) is 11.8 Å². The van der Waals surface area contributed by atoms with Crippen LogP contribution < -0.4 is 5.32 Å². The van der Waals surface area contributed by atoms with Crippen molar-refractivity contribution >= 4 is 11.8 Å². The summed E-state index contributed by atoms with van der Waals surface area (Å²) in [6.45, 7) is 4.78. The second-order valence-corrected chi connectivity index (χ2v) is 6.59. The van der Waals surface area contributed by atoms with Crippen molar-refractivity contribution in [2.45, 2.75) is 52.0 Å². The first kappa shape index (κ1) is 14.4. The van der Waals surface area contributed by atoms with Crippen molar-refractivity contribution in [3.05, 3.63) is 0 Å². The third-order valence-electron chi connectivity index (χ3n) is 4.26. The van der Waals surface area contributed by atoms with Gasteiger partial charge < -0.3 is 5.32 Å². The van der Waals surface area contributed by atoms with Crippen LogP contribution in [0.5, 0.6) is 0 Å². The molecular formula is C14H29NS. The van der Waals surface area contributed by atoms with E-state index in [1.165, 1.54) is 37.9 Å². The molecule has 0 aromatic rings. The lowest BCUT2D eigenvalue weighted by Crippen LogP contribution is -2.39. The highest BCUT2D eigenvalue weighted by Crippen LogP contribution is 2.36. The van der Waals surface area contributed by atoms with Crippen molar-refractivity contribution in [1.29, 1.82) is 0 Å². The Morgan fingerprint density at radius 3 is 2.62 bits per heavy atom. The summed E-state index contributed by atoms with van der Waals surface area (Å²) in [5.41, 5.74) is 0. The average Bonchev–Trinajstić information content (AvgIpc) is 2.29. The highest BCUT2D eigenvalue weighted by atomic mass is 32.2. The van der Waals surface area contributed by atoms with Crippen LogP contribution in [0.15, 0.2) is 0 Å². The Kier molecular flexibility index (Phi) is 6.83. The van der Waals surface area contributed by atoms with Gasteiger partial charge in [-0.25, -0.2) is 0 Å². The SMILES string of the molecule is CNC1CCC(C(C)C)CC1CCCSC. The first-order valence-electron chi connectivity index (χ1n) is 6.85. The monoisotopic (exact) mass is 243 g/mol. The molecule has 3 unspecified atom stereocenters. The molecule has 1 rings (SSSR count). The van der Waals surface area contributed by atoms with Gasteiger partial charge in [0.2, 0.25) is 0 Å². The molecule has 2 heteroatoms. The van der Waals surface area contributed by atoms with Gasteiger partial charge in [0.1, 0.15) is 0 Å². The van der Waals surface area contributed by atoms with Gasteiger partial charge in [0.25, 0.3) is 0 Å². The minimum Gasteiger partial charge on any atom is -0.317 e. The molecule has 0 bridgehead atoms. The van der Waals surface area contributed by atoms with E-state index in [1.54, 1.807) is 0 Å². The van der Waals surface area contributed by atoms with Gasteiger partial charge in [0.15, 0.2) is 0 Å². The summed E-state index contributed by atoms with van der Waals surface area (Å²) in [4.78, 5) is 0. The first-order chi connectivity index (χ1) is 7.69. The van der Waals surface area contributed by atoms with Crippen molar-refractivity contribution in [1.82, 2.24) is 5.32 Å². The van der Waals surface area contributed by atoms with E-state index < -0.39 is 0 Å². The molecule has 1 aliphatic carbocycles. The van der Waals surface area contributed by atoms with Gasteiger partial charge in [0.05, 0.1) is 0 Å². The van der Waals surface area contributed by atoms with Crippen molar-refractivity contribution < 1.29 is 0 Å². The van der Waals surface area contributed by atoms with Crippen LogP contribution in [0.3, 0.4) is 0 Å². The Hall–Kier alpha value is 0.310. The molecule has 0 saturated heterocycles. The summed E-state index contributed by atoms with van der Waals surface area (Å²) in [7, 11) is 2.14. The fourth-order valence-corrected chi connectivity index (χ4v) is 3.55. The van der Waals surface area contributed by atoms with E-state index in [0.717, 1.165) is 23.8 Å². The maximum atomic E-state index is 3.53. The third kappa shape index (κ3) is 4.29. The molecule has 96 valence electrons. The van der Waals surface area contributed by atoms with Crippen LogP contribution in [0.2, 0.25) is 0 Å². The lowest BCUT2D eigenvalue weighted by Gasteiger charge is -2.38. The van der Waals surface area contributed by atoms with Crippen molar-refractivity contribution in [3.8, 4) is 0 Å². The van der Waals surface area contributed by atoms with Crippen molar-refractivity contribution in [3.63, 3.8) is 0 Å². The number of rotatable bonds is 6. The quantitative estimate of drug-likeness (QED) is 0.712. The second-order valence-electron chi connectivity index (χ2n) is 5.61. The maximum absolute atomic E-state index is 3.53. The fourth-order valence-electron chi connectivity index (χ4n) is 3.09. The molecule has 1 fully saturated rings. The summed E-state index contributed by atoms with van der Waals surface area (Å²) < 4.78 is 0. The Morgan fingerprint density at radius 2 is 2.06 bits per heavy atom. The normalized spacial score (nSPS) is 30.9. The maximum Gasteiger partial charge on any atom is 0.00925 e. The predicted molar refractivity (Wildman–Crippen MR) is 76.1 cm³/mol. The molecule has 3 atom stereocenters. The standard InChI is InChI=1S/C14H29NS/c1-11(2)12-7-8-14(15-3)13(10-12)6-5-9-16-4/h11-15H,5-10H2,1-4H3. The third-order valence-corrected chi connectivity index (χ3v) is 4.96. The first-order valence-corrected chi connectivity index (χ1v) is 8.24. The second kappa shape index (κ2) is 7.60. The summed E-state index contributed by atoms with van der Waals surface area (Å²) in [6, 6.07) is 0.789. The largest absolute Gasteiger partial charge is 0.317 e.